The van der Waals surface area contributed by atoms with Crippen molar-refractivity contribution < 1.29 is 27.7 Å². The van der Waals surface area contributed by atoms with Crippen LogP contribution in [0.25, 0.3) is 0 Å². The summed E-state index contributed by atoms with van der Waals surface area (Å²) in [6, 6.07) is 8.12. The van der Waals surface area contributed by atoms with Crippen molar-refractivity contribution in [3.8, 4) is 17.2 Å². The van der Waals surface area contributed by atoms with Gasteiger partial charge in [-0.1, -0.05) is 6.07 Å². The predicted octanol–water partition coefficient (Wildman–Crippen LogP) is 2.23. The first-order chi connectivity index (χ1) is 12.6. The first-order valence-electron chi connectivity index (χ1n) is 8.41. The molecule has 1 heterocycles. The molecule has 2 aromatic rings. The van der Waals surface area contributed by atoms with Crippen molar-refractivity contribution in [1.82, 2.24) is 4.72 Å². The SMILES string of the molecule is COc1c(C)cc(S(=O)(=O)NCC(C)(O)c2ccc3c(c2)OCO3)cc1C. The molecule has 0 saturated carbocycles. The second-order valence-corrected chi connectivity index (χ2v) is 8.52. The molecule has 0 aliphatic carbocycles. The van der Waals surface area contributed by atoms with Gasteiger partial charge >= 0.3 is 0 Å². The average molecular weight is 393 g/mol. The number of rotatable bonds is 6. The topological polar surface area (TPSA) is 94.1 Å². The van der Waals surface area contributed by atoms with E-state index in [-0.39, 0.29) is 18.2 Å². The zero-order valence-electron chi connectivity index (χ0n) is 15.7. The summed E-state index contributed by atoms with van der Waals surface area (Å²) in [5.74, 6) is 1.78. The van der Waals surface area contributed by atoms with E-state index in [0.29, 0.717) is 22.8 Å². The van der Waals surface area contributed by atoms with Crippen LogP contribution in [0.15, 0.2) is 35.2 Å². The molecule has 7 nitrogen and oxygen atoms in total. The number of fused-ring (bicyclic) bond motifs is 1. The minimum Gasteiger partial charge on any atom is -0.496 e. The predicted molar refractivity (Wildman–Crippen MR) is 99.8 cm³/mol. The summed E-state index contributed by atoms with van der Waals surface area (Å²) >= 11 is 0. The van der Waals surface area contributed by atoms with Gasteiger partial charge in [0.05, 0.1) is 12.0 Å². The number of hydrogen-bond acceptors (Lipinski definition) is 6. The fourth-order valence-electron chi connectivity index (χ4n) is 3.04. The van der Waals surface area contributed by atoms with Crippen LogP contribution in [0.3, 0.4) is 0 Å². The van der Waals surface area contributed by atoms with Crippen molar-refractivity contribution in [3.05, 3.63) is 47.0 Å². The number of benzene rings is 2. The molecule has 0 aromatic heterocycles. The fraction of sp³-hybridized carbons (Fsp3) is 0.368. The third-order valence-electron chi connectivity index (χ3n) is 4.55. The molecule has 0 radical (unpaired) electrons. The second kappa shape index (κ2) is 7.03. The van der Waals surface area contributed by atoms with Gasteiger partial charge in [-0.25, -0.2) is 13.1 Å². The number of nitrogens with one attached hydrogen (secondary N) is 1. The van der Waals surface area contributed by atoms with Crippen molar-refractivity contribution in [2.75, 3.05) is 20.4 Å². The Kier molecular flexibility index (Phi) is 5.07. The van der Waals surface area contributed by atoms with Gasteiger partial charge in [-0.05, 0) is 61.7 Å². The summed E-state index contributed by atoms with van der Waals surface area (Å²) in [6.45, 7) is 5.04. The molecule has 1 atom stereocenters. The van der Waals surface area contributed by atoms with Crippen LogP contribution in [0.5, 0.6) is 17.2 Å². The minimum absolute atomic E-state index is 0.125. The minimum atomic E-state index is -3.80. The van der Waals surface area contributed by atoms with Crippen molar-refractivity contribution in [2.24, 2.45) is 0 Å². The molecule has 2 N–H and O–H groups in total. The van der Waals surface area contributed by atoms with E-state index in [2.05, 4.69) is 4.72 Å². The number of aliphatic hydroxyl groups is 1. The highest BCUT2D eigenvalue weighted by Gasteiger charge is 2.28. The van der Waals surface area contributed by atoms with Crippen LogP contribution in [-0.4, -0.2) is 34.0 Å². The van der Waals surface area contributed by atoms with Gasteiger partial charge in [-0.15, -0.1) is 0 Å². The molecule has 0 saturated heterocycles. The van der Waals surface area contributed by atoms with Gasteiger partial charge in [-0.3, -0.25) is 0 Å². The summed E-state index contributed by atoms with van der Waals surface area (Å²) < 4.78 is 43.7. The summed E-state index contributed by atoms with van der Waals surface area (Å²) in [5.41, 5.74) is 0.544. The molecular formula is C19H23NO6S. The Balaban J connectivity index is 1.80. The van der Waals surface area contributed by atoms with Gasteiger partial charge < -0.3 is 19.3 Å². The smallest absolute Gasteiger partial charge is 0.240 e. The molecule has 0 fully saturated rings. The van der Waals surface area contributed by atoms with Crippen LogP contribution >= 0.6 is 0 Å². The molecule has 3 rings (SSSR count). The number of sulfonamides is 1. The first-order valence-corrected chi connectivity index (χ1v) is 9.90. The molecule has 0 bridgehead atoms. The van der Waals surface area contributed by atoms with Gasteiger partial charge in [0.1, 0.15) is 11.4 Å². The largest absolute Gasteiger partial charge is 0.496 e. The van der Waals surface area contributed by atoms with E-state index >= 15 is 0 Å². The Hall–Kier alpha value is -2.29. The van der Waals surface area contributed by atoms with Gasteiger partial charge in [0.15, 0.2) is 11.5 Å². The van der Waals surface area contributed by atoms with Crippen LogP contribution in [0.2, 0.25) is 0 Å². The van der Waals surface area contributed by atoms with Crippen LogP contribution < -0.4 is 18.9 Å². The monoisotopic (exact) mass is 393 g/mol. The molecule has 8 heteroatoms. The van der Waals surface area contributed by atoms with E-state index in [4.69, 9.17) is 14.2 Å². The number of aryl methyl sites for hydroxylation is 2. The van der Waals surface area contributed by atoms with Crippen molar-refractivity contribution >= 4 is 10.0 Å². The van der Waals surface area contributed by atoms with Crippen molar-refractivity contribution in [1.29, 1.82) is 0 Å². The Labute approximate surface area is 158 Å². The maximum absolute atomic E-state index is 12.7. The Bertz CT molecular complexity index is 945. The summed E-state index contributed by atoms with van der Waals surface area (Å²) in [6.07, 6.45) is 0. The third kappa shape index (κ3) is 3.87. The number of methoxy groups -OCH3 is 1. The van der Waals surface area contributed by atoms with Crippen LogP contribution in [0, 0.1) is 13.8 Å². The lowest BCUT2D eigenvalue weighted by atomic mass is 9.96. The summed E-state index contributed by atoms with van der Waals surface area (Å²) in [5, 5.41) is 10.8. The average Bonchev–Trinajstić information content (AvgIpc) is 3.07. The van der Waals surface area contributed by atoms with Crippen molar-refractivity contribution in [3.63, 3.8) is 0 Å². The quantitative estimate of drug-likeness (QED) is 0.782. The van der Waals surface area contributed by atoms with Gasteiger partial charge in [-0.2, -0.15) is 0 Å². The molecule has 146 valence electrons. The van der Waals surface area contributed by atoms with E-state index < -0.39 is 15.6 Å². The maximum Gasteiger partial charge on any atom is 0.240 e. The Morgan fingerprint density at radius 2 is 1.78 bits per heavy atom. The third-order valence-corrected chi connectivity index (χ3v) is 5.93. The van der Waals surface area contributed by atoms with E-state index in [1.165, 1.54) is 6.92 Å². The fourth-order valence-corrected chi connectivity index (χ4v) is 4.34. The van der Waals surface area contributed by atoms with E-state index in [9.17, 15) is 13.5 Å². The van der Waals surface area contributed by atoms with Gasteiger partial charge in [0, 0.05) is 6.54 Å². The molecule has 0 spiro atoms. The maximum atomic E-state index is 12.7. The molecule has 1 aliphatic heterocycles. The van der Waals surface area contributed by atoms with Crippen LogP contribution in [0.1, 0.15) is 23.6 Å². The zero-order valence-corrected chi connectivity index (χ0v) is 16.5. The molecule has 1 aliphatic rings. The van der Waals surface area contributed by atoms with E-state index in [1.54, 1.807) is 51.3 Å². The summed E-state index contributed by atoms with van der Waals surface area (Å²) in [7, 11) is -2.26. The van der Waals surface area contributed by atoms with Gasteiger partial charge in [0.25, 0.3) is 0 Å². The standard InChI is InChI=1S/C19H23NO6S/c1-12-7-15(8-13(2)18(12)24-4)27(22,23)20-10-19(3,21)14-5-6-16-17(9-14)26-11-25-16/h5-9,20-21H,10-11H2,1-4H3. The lowest BCUT2D eigenvalue weighted by molar-refractivity contribution is 0.0625. The number of ether oxygens (including phenoxy) is 3. The van der Waals surface area contributed by atoms with Crippen LogP contribution in [-0.2, 0) is 15.6 Å². The molecule has 1 unspecified atom stereocenters. The first kappa shape index (κ1) is 19.5. The lowest BCUT2D eigenvalue weighted by Gasteiger charge is -2.24. The normalized spacial score (nSPS) is 15.4. The van der Waals surface area contributed by atoms with E-state index in [1.807, 2.05) is 0 Å². The molecule has 0 amide bonds. The zero-order chi connectivity index (χ0) is 19.8. The number of hydrogen-bond donors (Lipinski definition) is 2. The van der Waals surface area contributed by atoms with E-state index in [0.717, 1.165) is 11.1 Å². The summed E-state index contributed by atoms with van der Waals surface area (Å²) in [4.78, 5) is 0.125. The highest BCUT2D eigenvalue weighted by atomic mass is 32.2. The Morgan fingerprint density at radius 1 is 1.15 bits per heavy atom. The Morgan fingerprint density at radius 3 is 2.41 bits per heavy atom. The highest BCUT2D eigenvalue weighted by Crippen LogP contribution is 2.35. The second-order valence-electron chi connectivity index (χ2n) is 6.76. The van der Waals surface area contributed by atoms with Gasteiger partial charge in [0.2, 0.25) is 16.8 Å². The van der Waals surface area contributed by atoms with Crippen LogP contribution in [0.4, 0.5) is 0 Å². The van der Waals surface area contributed by atoms with Crippen molar-refractivity contribution in [2.45, 2.75) is 31.3 Å². The highest BCUT2D eigenvalue weighted by molar-refractivity contribution is 7.89. The molecular weight excluding hydrogens is 370 g/mol. The molecule has 27 heavy (non-hydrogen) atoms. The lowest BCUT2D eigenvalue weighted by Crippen LogP contribution is -2.38. The molecule has 2 aromatic carbocycles.